The van der Waals surface area contributed by atoms with Crippen LogP contribution in [0.4, 0.5) is 11.4 Å². The van der Waals surface area contributed by atoms with Gasteiger partial charge in [-0.15, -0.1) is 0 Å². The Morgan fingerprint density at radius 2 is 2.00 bits per heavy atom. The van der Waals surface area contributed by atoms with E-state index < -0.39 is 11.8 Å². The molecule has 0 bridgehead atoms. The van der Waals surface area contributed by atoms with Gasteiger partial charge in [0.2, 0.25) is 6.79 Å². The van der Waals surface area contributed by atoms with E-state index >= 15 is 0 Å². The van der Waals surface area contributed by atoms with Crippen molar-refractivity contribution < 1.29 is 28.6 Å². The van der Waals surface area contributed by atoms with Gasteiger partial charge in [0.05, 0.1) is 12.8 Å². The van der Waals surface area contributed by atoms with Crippen LogP contribution in [0.25, 0.3) is 0 Å². The first-order valence-electron chi connectivity index (χ1n) is 8.04. The fourth-order valence-corrected chi connectivity index (χ4v) is 2.47. The molecule has 0 spiro atoms. The maximum absolute atomic E-state index is 11.9. The Bertz CT molecular complexity index is 918. The number of oxime groups is 1. The Morgan fingerprint density at radius 3 is 2.82 bits per heavy atom. The van der Waals surface area contributed by atoms with Gasteiger partial charge in [-0.25, -0.2) is 0 Å². The fourth-order valence-electron chi connectivity index (χ4n) is 2.30. The molecular formula is C18H16ClN3O6. The number of anilines is 2. The SMILES string of the molecule is COc1ccc(Cl)cc1NC(=O)/C=N\OCC(=O)Nc1ccc2c(c1)OCO2. The number of rotatable bonds is 7. The first kappa shape index (κ1) is 19.3. The van der Waals surface area contributed by atoms with E-state index in [1.54, 1.807) is 30.3 Å². The van der Waals surface area contributed by atoms with Gasteiger partial charge in [-0.05, 0) is 30.3 Å². The third-order valence-corrected chi connectivity index (χ3v) is 3.75. The molecule has 9 nitrogen and oxygen atoms in total. The van der Waals surface area contributed by atoms with Crippen LogP contribution < -0.4 is 24.8 Å². The number of amides is 2. The Morgan fingerprint density at radius 1 is 1.18 bits per heavy atom. The third-order valence-electron chi connectivity index (χ3n) is 3.52. The van der Waals surface area contributed by atoms with E-state index in [1.807, 2.05) is 0 Å². The number of hydrogen-bond acceptors (Lipinski definition) is 7. The Kier molecular flexibility index (Phi) is 6.18. The van der Waals surface area contributed by atoms with Crippen LogP contribution in [0, 0.1) is 0 Å². The van der Waals surface area contributed by atoms with Gasteiger partial charge in [0.1, 0.15) is 12.0 Å². The molecule has 0 aromatic heterocycles. The molecule has 0 saturated heterocycles. The molecule has 0 radical (unpaired) electrons. The van der Waals surface area contributed by atoms with Gasteiger partial charge in [0.25, 0.3) is 11.8 Å². The first-order valence-corrected chi connectivity index (χ1v) is 8.42. The van der Waals surface area contributed by atoms with Crippen molar-refractivity contribution in [2.24, 2.45) is 5.16 Å². The standard InChI is InChI=1S/C18H16ClN3O6/c1-25-14-4-2-11(19)6-13(14)22-17(23)8-20-28-9-18(24)21-12-3-5-15-16(7-12)27-10-26-15/h2-8H,9-10H2,1H3,(H,21,24)(H,22,23)/b20-8-. The van der Waals surface area contributed by atoms with E-state index in [9.17, 15) is 9.59 Å². The summed E-state index contributed by atoms with van der Waals surface area (Å²) in [5, 5.41) is 9.07. The van der Waals surface area contributed by atoms with Crippen LogP contribution in [0.15, 0.2) is 41.6 Å². The molecule has 1 aliphatic rings. The molecule has 1 heterocycles. The zero-order valence-corrected chi connectivity index (χ0v) is 15.5. The van der Waals surface area contributed by atoms with Crippen LogP contribution in [0.5, 0.6) is 17.2 Å². The summed E-state index contributed by atoms with van der Waals surface area (Å²) in [5.41, 5.74) is 0.902. The second-order valence-electron chi connectivity index (χ2n) is 5.46. The number of halogens is 1. The monoisotopic (exact) mass is 405 g/mol. The maximum Gasteiger partial charge on any atom is 0.270 e. The van der Waals surface area contributed by atoms with Gasteiger partial charge < -0.3 is 29.7 Å². The second-order valence-corrected chi connectivity index (χ2v) is 5.89. The lowest BCUT2D eigenvalue weighted by Gasteiger charge is -2.08. The predicted molar refractivity (Wildman–Crippen MR) is 102 cm³/mol. The molecule has 28 heavy (non-hydrogen) atoms. The quantitative estimate of drug-likeness (QED) is 0.541. The molecule has 0 saturated carbocycles. The van der Waals surface area contributed by atoms with Crippen molar-refractivity contribution in [1.82, 2.24) is 0 Å². The van der Waals surface area contributed by atoms with E-state index in [2.05, 4.69) is 15.8 Å². The van der Waals surface area contributed by atoms with E-state index in [1.165, 1.54) is 13.2 Å². The summed E-state index contributed by atoms with van der Waals surface area (Å²) in [5.74, 6) is 0.575. The van der Waals surface area contributed by atoms with Crippen LogP contribution in [0.3, 0.4) is 0 Å². The van der Waals surface area contributed by atoms with Crippen molar-refractivity contribution in [1.29, 1.82) is 0 Å². The zero-order chi connectivity index (χ0) is 19.9. The molecular weight excluding hydrogens is 390 g/mol. The number of nitrogens with zero attached hydrogens (tertiary/aromatic N) is 1. The minimum absolute atomic E-state index is 0.147. The highest BCUT2D eigenvalue weighted by Gasteiger charge is 2.14. The number of carbonyl (C=O) groups is 2. The zero-order valence-electron chi connectivity index (χ0n) is 14.7. The van der Waals surface area contributed by atoms with Crippen LogP contribution in [0.1, 0.15) is 0 Å². The molecule has 0 fully saturated rings. The molecule has 1 aliphatic heterocycles. The molecule has 0 atom stereocenters. The van der Waals surface area contributed by atoms with Gasteiger partial charge in [-0.1, -0.05) is 16.8 Å². The van der Waals surface area contributed by atoms with Crippen molar-refractivity contribution in [3.63, 3.8) is 0 Å². The molecule has 2 amide bonds. The highest BCUT2D eigenvalue weighted by Crippen LogP contribution is 2.34. The summed E-state index contributed by atoms with van der Waals surface area (Å²) in [6, 6.07) is 9.77. The van der Waals surface area contributed by atoms with Crippen molar-refractivity contribution >= 4 is 41.0 Å². The fraction of sp³-hybridized carbons (Fsp3) is 0.167. The Hall–Kier alpha value is -3.46. The number of nitrogens with one attached hydrogen (secondary N) is 2. The lowest BCUT2D eigenvalue weighted by Crippen LogP contribution is -2.18. The maximum atomic E-state index is 11.9. The summed E-state index contributed by atoms with van der Waals surface area (Å²) in [6.45, 7) is -0.230. The average molecular weight is 406 g/mol. The van der Waals surface area contributed by atoms with Crippen LogP contribution >= 0.6 is 11.6 Å². The minimum Gasteiger partial charge on any atom is -0.495 e. The summed E-state index contributed by atoms with van der Waals surface area (Å²) >= 11 is 5.89. The van der Waals surface area contributed by atoms with E-state index in [-0.39, 0.29) is 13.4 Å². The highest BCUT2D eigenvalue weighted by molar-refractivity contribution is 6.33. The second kappa shape index (κ2) is 8.96. The van der Waals surface area contributed by atoms with Crippen molar-refractivity contribution in [2.75, 3.05) is 31.1 Å². The predicted octanol–water partition coefficient (Wildman–Crippen LogP) is 2.66. The smallest absolute Gasteiger partial charge is 0.270 e. The Balaban J connectivity index is 1.45. The topological polar surface area (TPSA) is 107 Å². The first-order chi connectivity index (χ1) is 13.5. The van der Waals surface area contributed by atoms with Gasteiger partial charge in [-0.3, -0.25) is 9.59 Å². The van der Waals surface area contributed by atoms with Gasteiger partial charge in [0, 0.05) is 16.8 Å². The minimum atomic E-state index is -0.572. The van der Waals surface area contributed by atoms with Crippen molar-refractivity contribution in [2.45, 2.75) is 0 Å². The van der Waals surface area contributed by atoms with E-state index in [4.69, 9.17) is 30.6 Å². The molecule has 3 rings (SSSR count). The summed E-state index contributed by atoms with van der Waals surface area (Å²) in [6.07, 6.45) is 0.897. The molecule has 0 unspecified atom stereocenters. The lowest BCUT2D eigenvalue weighted by molar-refractivity contribution is -0.120. The largest absolute Gasteiger partial charge is 0.495 e. The lowest BCUT2D eigenvalue weighted by atomic mass is 10.3. The number of benzene rings is 2. The molecule has 0 aliphatic carbocycles. The molecule has 146 valence electrons. The average Bonchev–Trinajstić information content (AvgIpc) is 3.13. The van der Waals surface area contributed by atoms with E-state index in [0.29, 0.717) is 33.6 Å². The molecule has 10 heteroatoms. The molecule has 2 aromatic rings. The van der Waals surface area contributed by atoms with Crippen LogP contribution in [-0.4, -0.2) is 38.5 Å². The van der Waals surface area contributed by atoms with Gasteiger partial charge in [0.15, 0.2) is 18.1 Å². The Labute approximate surface area is 165 Å². The summed E-state index contributed by atoms with van der Waals surface area (Å²) < 4.78 is 15.5. The van der Waals surface area contributed by atoms with E-state index in [0.717, 1.165) is 6.21 Å². The number of ether oxygens (including phenoxy) is 3. The van der Waals surface area contributed by atoms with Crippen molar-refractivity contribution in [3.8, 4) is 17.2 Å². The number of methoxy groups -OCH3 is 1. The number of carbonyl (C=O) groups excluding carboxylic acids is 2. The normalized spacial score (nSPS) is 11.9. The molecule has 2 aromatic carbocycles. The number of fused-ring (bicyclic) bond motifs is 1. The van der Waals surface area contributed by atoms with Crippen LogP contribution in [-0.2, 0) is 14.4 Å². The van der Waals surface area contributed by atoms with Gasteiger partial charge >= 0.3 is 0 Å². The summed E-state index contributed by atoms with van der Waals surface area (Å²) in [4.78, 5) is 28.6. The van der Waals surface area contributed by atoms with Crippen LogP contribution in [0.2, 0.25) is 5.02 Å². The number of hydrogen-bond donors (Lipinski definition) is 2. The third kappa shape index (κ3) is 5.04. The summed E-state index contributed by atoms with van der Waals surface area (Å²) in [7, 11) is 1.47. The molecule has 2 N–H and O–H groups in total. The van der Waals surface area contributed by atoms with Gasteiger partial charge in [-0.2, -0.15) is 0 Å². The van der Waals surface area contributed by atoms with Crippen molar-refractivity contribution in [3.05, 3.63) is 41.4 Å². The highest BCUT2D eigenvalue weighted by atomic mass is 35.5.